The highest BCUT2D eigenvalue weighted by Gasteiger charge is 2.02. The predicted molar refractivity (Wildman–Crippen MR) is 47.1 cm³/mol. The topological polar surface area (TPSA) is 41.8 Å². The van der Waals surface area contributed by atoms with Gasteiger partial charge in [0, 0.05) is 5.56 Å². The summed E-state index contributed by atoms with van der Waals surface area (Å²) in [5.74, 6) is 0.746. The van der Waals surface area contributed by atoms with Gasteiger partial charge >= 0.3 is 0 Å². The van der Waals surface area contributed by atoms with Crippen molar-refractivity contribution < 1.29 is 9.94 Å². The molecule has 12 heavy (non-hydrogen) atoms. The van der Waals surface area contributed by atoms with Gasteiger partial charge in [-0.15, -0.1) is 0 Å². The van der Waals surface area contributed by atoms with E-state index in [2.05, 4.69) is 5.16 Å². The van der Waals surface area contributed by atoms with Crippen molar-refractivity contribution in [2.45, 2.75) is 6.92 Å². The number of nitrogens with zero attached hydrogens (tertiary/aromatic N) is 1. The van der Waals surface area contributed by atoms with E-state index in [9.17, 15) is 0 Å². The number of benzene rings is 1. The molecule has 0 bridgehead atoms. The van der Waals surface area contributed by atoms with Crippen molar-refractivity contribution in [1.29, 1.82) is 0 Å². The number of hydrogen-bond donors (Lipinski definition) is 1. The minimum atomic E-state index is 0.746. The maximum absolute atomic E-state index is 8.34. The van der Waals surface area contributed by atoms with E-state index in [1.54, 1.807) is 7.11 Å². The second-order valence-electron chi connectivity index (χ2n) is 2.44. The number of rotatable bonds is 2. The molecular formula is C9H11NO2. The number of para-hydroxylation sites is 1. The Bertz CT molecular complexity index is 295. The molecule has 0 radical (unpaired) electrons. The Balaban J connectivity index is 3.18. The first-order valence-electron chi connectivity index (χ1n) is 3.60. The Morgan fingerprint density at radius 3 is 2.83 bits per heavy atom. The average Bonchev–Trinajstić information content (AvgIpc) is 2.05. The second kappa shape index (κ2) is 3.76. The van der Waals surface area contributed by atoms with Crippen LogP contribution in [0, 0.1) is 6.92 Å². The molecule has 0 saturated heterocycles. The third-order valence-electron chi connectivity index (χ3n) is 1.64. The number of aryl methyl sites for hydroxylation is 1. The lowest BCUT2D eigenvalue weighted by Crippen LogP contribution is -1.93. The van der Waals surface area contributed by atoms with Crippen LogP contribution in [-0.4, -0.2) is 18.5 Å². The van der Waals surface area contributed by atoms with Gasteiger partial charge in [-0.05, 0) is 18.6 Å². The van der Waals surface area contributed by atoms with Crippen molar-refractivity contribution in [3.63, 3.8) is 0 Å². The van der Waals surface area contributed by atoms with Crippen molar-refractivity contribution in [2.24, 2.45) is 5.16 Å². The zero-order valence-corrected chi connectivity index (χ0v) is 7.11. The molecule has 0 amide bonds. The fourth-order valence-electron chi connectivity index (χ4n) is 1.12. The quantitative estimate of drug-likeness (QED) is 0.412. The molecule has 0 saturated carbocycles. The zero-order chi connectivity index (χ0) is 8.97. The van der Waals surface area contributed by atoms with E-state index >= 15 is 0 Å². The molecule has 0 aromatic heterocycles. The third kappa shape index (κ3) is 1.56. The Labute approximate surface area is 71.3 Å². The van der Waals surface area contributed by atoms with Crippen LogP contribution in [0.3, 0.4) is 0 Å². The number of hydrogen-bond acceptors (Lipinski definition) is 3. The highest BCUT2D eigenvalue weighted by atomic mass is 16.5. The lowest BCUT2D eigenvalue weighted by atomic mass is 10.1. The molecule has 0 aliphatic rings. The monoisotopic (exact) mass is 165 g/mol. The summed E-state index contributed by atoms with van der Waals surface area (Å²) in [5.41, 5.74) is 1.80. The van der Waals surface area contributed by atoms with Crippen molar-refractivity contribution in [3.05, 3.63) is 29.3 Å². The van der Waals surface area contributed by atoms with Gasteiger partial charge in [0.25, 0.3) is 0 Å². The standard InChI is InChI=1S/C9H11NO2/c1-7-4-3-5-8(6-10-11)9(7)12-2/h3-6,11H,1-2H3. The largest absolute Gasteiger partial charge is 0.496 e. The van der Waals surface area contributed by atoms with Crippen LogP contribution in [0.15, 0.2) is 23.4 Å². The SMILES string of the molecule is COc1c(C)cccc1C=NO. The molecule has 3 heteroatoms. The maximum Gasteiger partial charge on any atom is 0.130 e. The molecule has 0 spiro atoms. The van der Waals surface area contributed by atoms with Gasteiger partial charge in [-0.2, -0.15) is 0 Å². The fraction of sp³-hybridized carbons (Fsp3) is 0.222. The van der Waals surface area contributed by atoms with E-state index in [1.165, 1.54) is 6.21 Å². The summed E-state index contributed by atoms with van der Waals surface area (Å²) >= 11 is 0. The normalized spacial score (nSPS) is 10.5. The second-order valence-corrected chi connectivity index (χ2v) is 2.44. The first kappa shape index (κ1) is 8.59. The van der Waals surface area contributed by atoms with Gasteiger partial charge < -0.3 is 9.94 Å². The van der Waals surface area contributed by atoms with Crippen LogP contribution in [0.5, 0.6) is 5.75 Å². The summed E-state index contributed by atoms with van der Waals surface area (Å²) in [7, 11) is 1.59. The summed E-state index contributed by atoms with van der Waals surface area (Å²) in [5, 5.41) is 11.3. The highest BCUT2D eigenvalue weighted by Crippen LogP contribution is 2.20. The zero-order valence-electron chi connectivity index (χ0n) is 7.11. The summed E-state index contributed by atoms with van der Waals surface area (Å²) in [6.07, 6.45) is 1.35. The van der Waals surface area contributed by atoms with E-state index in [-0.39, 0.29) is 0 Å². The molecule has 0 heterocycles. The maximum atomic E-state index is 8.34. The highest BCUT2D eigenvalue weighted by molar-refractivity contribution is 5.83. The predicted octanol–water partition coefficient (Wildman–Crippen LogP) is 1.81. The molecule has 3 nitrogen and oxygen atoms in total. The fourth-order valence-corrected chi connectivity index (χ4v) is 1.12. The third-order valence-corrected chi connectivity index (χ3v) is 1.64. The first-order valence-corrected chi connectivity index (χ1v) is 3.60. The Morgan fingerprint density at radius 1 is 1.50 bits per heavy atom. The molecule has 0 unspecified atom stereocenters. The average molecular weight is 165 g/mol. The van der Waals surface area contributed by atoms with Gasteiger partial charge in [0.2, 0.25) is 0 Å². The summed E-state index contributed by atoms with van der Waals surface area (Å²) < 4.78 is 5.13. The molecule has 1 aromatic carbocycles. The number of methoxy groups -OCH3 is 1. The molecule has 1 rings (SSSR count). The van der Waals surface area contributed by atoms with Crippen molar-refractivity contribution in [1.82, 2.24) is 0 Å². The van der Waals surface area contributed by atoms with Crippen molar-refractivity contribution >= 4 is 6.21 Å². The van der Waals surface area contributed by atoms with Crippen LogP contribution in [0.1, 0.15) is 11.1 Å². The minimum absolute atomic E-state index is 0.746. The smallest absolute Gasteiger partial charge is 0.130 e. The number of ether oxygens (including phenoxy) is 1. The van der Waals surface area contributed by atoms with Crippen LogP contribution in [0.4, 0.5) is 0 Å². The summed E-state index contributed by atoms with van der Waals surface area (Å²) in [6, 6.07) is 5.65. The van der Waals surface area contributed by atoms with Gasteiger partial charge in [0.05, 0.1) is 13.3 Å². The molecular weight excluding hydrogens is 154 g/mol. The van der Waals surface area contributed by atoms with E-state index < -0.39 is 0 Å². The van der Waals surface area contributed by atoms with Crippen molar-refractivity contribution in [2.75, 3.05) is 7.11 Å². The minimum Gasteiger partial charge on any atom is -0.496 e. The van der Waals surface area contributed by atoms with Crippen LogP contribution < -0.4 is 4.74 Å². The van der Waals surface area contributed by atoms with Crippen LogP contribution in [0.2, 0.25) is 0 Å². The Hall–Kier alpha value is -1.51. The molecule has 0 aliphatic heterocycles. The molecule has 1 aromatic rings. The van der Waals surface area contributed by atoms with Gasteiger partial charge in [0.1, 0.15) is 5.75 Å². The van der Waals surface area contributed by atoms with Crippen LogP contribution in [-0.2, 0) is 0 Å². The Morgan fingerprint density at radius 2 is 2.25 bits per heavy atom. The Kier molecular flexibility index (Phi) is 2.69. The summed E-state index contributed by atoms with van der Waals surface area (Å²) in [6.45, 7) is 1.94. The van der Waals surface area contributed by atoms with Crippen LogP contribution in [0.25, 0.3) is 0 Å². The first-order chi connectivity index (χ1) is 5.79. The summed E-state index contributed by atoms with van der Waals surface area (Å²) in [4.78, 5) is 0. The van der Waals surface area contributed by atoms with Crippen LogP contribution >= 0.6 is 0 Å². The molecule has 0 aliphatic carbocycles. The molecule has 1 N–H and O–H groups in total. The molecule has 64 valence electrons. The van der Waals surface area contributed by atoms with E-state index in [4.69, 9.17) is 9.94 Å². The number of oxime groups is 1. The van der Waals surface area contributed by atoms with E-state index in [1.807, 2.05) is 25.1 Å². The van der Waals surface area contributed by atoms with Gasteiger partial charge in [0.15, 0.2) is 0 Å². The van der Waals surface area contributed by atoms with Gasteiger partial charge in [-0.25, -0.2) is 0 Å². The van der Waals surface area contributed by atoms with E-state index in [0.29, 0.717) is 0 Å². The lowest BCUT2D eigenvalue weighted by molar-refractivity contribution is 0.321. The van der Waals surface area contributed by atoms with Crippen molar-refractivity contribution in [3.8, 4) is 5.75 Å². The molecule has 0 atom stereocenters. The van der Waals surface area contributed by atoms with Gasteiger partial charge in [-0.1, -0.05) is 17.3 Å². The van der Waals surface area contributed by atoms with Gasteiger partial charge in [-0.3, -0.25) is 0 Å². The molecule has 0 fully saturated rings. The van der Waals surface area contributed by atoms with E-state index in [0.717, 1.165) is 16.9 Å². The lowest BCUT2D eigenvalue weighted by Gasteiger charge is -2.06.